The molecule has 0 atom stereocenters. The predicted molar refractivity (Wildman–Crippen MR) is 97.2 cm³/mol. The minimum atomic E-state index is 0.830. The fourth-order valence-electron chi connectivity index (χ4n) is 2.87. The Morgan fingerprint density at radius 2 is 1.62 bits per heavy atom. The first-order valence-corrected chi connectivity index (χ1v) is 8.29. The van der Waals surface area contributed by atoms with Gasteiger partial charge in [-0.2, -0.15) is 0 Å². The summed E-state index contributed by atoms with van der Waals surface area (Å²) in [5.41, 5.74) is 4.88. The summed E-state index contributed by atoms with van der Waals surface area (Å²) in [6, 6.07) is 14.1. The Bertz CT molecular complexity index is 704. The molecule has 1 heterocycles. The van der Waals surface area contributed by atoms with Gasteiger partial charge in [0, 0.05) is 18.8 Å². The number of hydrogen-bond donors (Lipinski definition) is 0. The zero-order chi connectivity index (χ0) is 16.9. The number of anilines is 1. The summed E-state index contributed by atoms with van der Waals surface area (Å²) in [6.45, 7) is 8.05. The maximum atomic E-state index is 5.15. The van der Waals surface area contributed by atoms with Crippen LogP contribution in [-0.4, -0.2) is 38.3 Å². The fourth-order valence-corrected chi connectivity index (χ4v) is 2.87. The number of nitrogens with zero attached hydrogens (tertiary/aromatic N) is 4. The number of rotatable bonds is 4. The van der Waals surface area contributed by atoms with E-state index in [9.17, 15) is 0 Å². The van der Waals surface area contributed by atoms with Gasteiger partial charge in [-0.15, -0.1) is 5.11 Å². The van der Waals surface area contributed by atoms with Gasteiger partial charge in [0.15, 0.2) is 0 Å². The van der Waals surface area contributed by atoms with Crippen LogP contribution in [0.2, 0.25) is 0 Å². The molecule has 1 fully saturated rings. The van der Waals surface area contributed by atoms with Crippen LogP contribution in [0.3, 0.4) is 0 Å². The second-order valence-corrected chi connectivity index (χ2v) is 6.05. The molecule has 0 aliphatic carbocycles. The Morgan fingerprint density at radius 1 is 0.917 bits per heavy atom. The Labute approximate surface area is 143 Å². The van der Waals surface area contributed by atoms with Crippen LogP contribution in [-0.2, 0) is 0 Å². The smallest absolute Gasteiger partial charge is 0.119 e. The lowest BCUT2D eigenvalue weighted by molar-refractivity contribution is 0.254. The normalized spacial score (nSPS) is 15.1. The van der Waals surface area contributed by atoms with Crippen molar-refractivity contribution in [3.63, 3.8) is 0 Å². The van der Waals surface area contributed by atoms with Gasteiger partial charge in [-0.1, -0.05) is 17.4 Å². The van der Waals surface area contributed by atoms with Gasteiger partial charge in [0.2, 0.25) is 0 Å². The lowest BCUT2D eigenvalue weighted by Gasteiger charge is -2.35. The number of benzene rings is 2. The lowest BCUT2D eigenvalue weighted by atomic mass is 10.1. The summed E-state index contributed by atoms with van der Waals surface area (Å²) < 4.78 is 5.15. The first-order valence-electron chi connectivity index (χ1n) is 8.29. The zero-order valence-corrected chi connectivity index (χ0v) is 14.6. The quantitative estimate of drug-likeness (QED) is 0.794. The topological polar surface area (TPSA) is 40.4 Å². The largest absolute Gasteiger partial charge is 0.497 e. The van der Waals surface area contributed by atoms with E-state index in [1.165, 1.54) is 16.8 Å². The van der Waals surface area contributed by atoms with Crippen LogP contribution in [0.5, 0.6) is 5.75 Å². The maximum absolute atomic E-state index is 5.15. The molecule has 2 aromatic rings. The molecule has 0 bridgehead atoms. The van der Waals surface area contributed by atoms with Crippen molar-refractivity contribution in [3.05, 3.63) is 53.6 Å². The van der Waals surface area contributed by atoms with Crippen LogP contribution in [0, 0.1) is 13.8 Å². The van der Waals surface area contributed by atoms with E-state index in [0.29, 0.717) is 0 Å². The van der Waals surface area contributed by atoms with Gasteiger partial charge in [-0.25, -0.2) is 0 Å². The first kappa shape index (κ1) is 16.3. The first-order chi connectivity index (χ1) is 11.7. The van der Waals surface area contributed by atoms with Crippen LogP contribution in [0.15, 0.2) is 52.8 Å². The number of aryl methyl sites for hydroxylation is 1. The van der Waals surface area contributed by atoms with Crippen molar-refractivity contribution in [3.8, 4) is 5.75 Å². The Kier molecular flexibility index (Phi) is 4.99. The molecule has 126 valence electrons. The monoisotopic (exact) mass is 324 g/mol. The standard InChI is InChI=1S/C19H24N4O/c1-15-5-4-6-19(16(15)2)22-11-13-23(14-12-22)21-20-17-7-9-18(24-3)10-8-17/h4-10H,11-14H2,1-3H3. The third-order valence-corrected chi connectivity index (χ3v) is 4.53. The maximum Gasteiger partial charge on any atom is 0.119 e. The average molecular weight is 324 g/mol. The summed E-state index contributed by atoms with van der Waals surface area (Å²) in [5.74, 6) is 0.830. The second kappa shape index (κ2) is 7.34. The molecule has 3 rings (SSSR count). The molecule has 0 radical (unpaired) electrons. The second-order valence-electron chi connectivity index (χ2n) is 6.05. The van der Waals surface area contributed by atoms with Gasteiger partial charge < -0.3 is 9.64 Å². The summed E-state index contributed by atoms with van der Waals surface area (Å²) >= 11 is 0. The van der Waals surface area contributed by atoms with E-state index in [-0.39, 0.29) is 0 Å². The molecule has 0 aromatic heterocycles. The molecule has 0 spiro atoms. The van der Waals surface area contributed by atoms with Crippen molar-refractivity contribution < 1.29 is 4.74 Å². The van der Waals surface area contributed by atoms with E-state index in [1.54, 1.807) is 7.11 Å². The number of hydrogen-bond acceptors (Lipinski definition) is 4. The molecule has 0 saturated carbocycles. The molecule has 5 nitrogen and oxygen atoms in total. The third kappa shape index (κ3) is 3.67. The van der Waals surface area contributed by atoms with Crippen LogP contribution < -0.4 is 9.64 Å². The van der Waals surface area contributed by atoms with Crippen molar-refractivity contribution in [2.45, 2.75) is 13.8 Å². The van der Waals surface area contributed by atoms with Gasteiger partial charge in [0.25, 0.3) is 0 Å². The minimum absolute atomic E-state index is 0.830. The van der Waals surface area contributed by atoms with E-state index in [4.69, 9.17) is 4.74 Å². The van der Waals surface area contributed by atoms with E-state index < -0.39 is 0 Å². The Hall–Kier alpha value is -2.56. The van der Waals surface area contributed by atoms with Crippen molar-refractivity contribution in [2.75, 3.05) is 38.2 Å². The predicted octanol–water partition coefficient (Wildman–Crippen LogP) is 4.13. The highest BCUT2D eigenvalue weighted by Gasteiger charge is 2.17. The average Bonchev–Trinajstić information content (AvgIpc) is 2.63. The molecule has 2 aromatic carbocycles. The molecule has 5 heteroatoms. The van der Waals surface area contributed by atoms with Gasteiger partial charge in [0.1, 0.15) is 5.75 Å². The third-order valence-electron chi connectivity index (χ3n) is 4.53. The molecular weight excluding hydrogens is 300 g/mol. The Morgan fingerprint density at radius 3 is 2.29 bits per heavy atom. The van der Waals surface area contributed by atoms with Crippen molar-refractivity contribution in [1.82, 2.24) is 5.01 Å². The van der Waals surface area contributed by atoms with Gasteiger partial charge in [0.05, 0.1) is 25.9 Å². The van der Waals surface area contributed by atoms with E-state index in [0.717, 1.165) is 37.6 Å². The van der Waals surface area contributed by atoms with Gasteiger partial charge in [-0.05, 0) is 55.3 Å². The number of ether oxygens (including phenoxy) is 1. The van der Waals surface area contributed by atoms with Crippen molar-refractivity contribution in [2.24, 2.45) is 10.3 Å². The lowest BCUT2D eigenvalue weighted by Crippen LogP contribution is -2.44. The fraction of sp³-hybridized carbons (Fsp3) is 0.368. The SMILES string of the molecule is COc1ccc(N=NN2CCN(c3cccc(C)c3C)CC2)cc1. The molecule has 0 unspecified atom stereocenters. The zero-order valence-electron chi connectivity index (χ0n) is 14.6. The van der Waals surface area contributed by atoms with Crippen molar-refractivity contribution >= 4 is 11.4 Å². The molecule has 24 heavy (non-hydrogen) atoms. The van der Waals surface area contributed by atoms with E-state index in [2.05, 4.69) is 47.3 Å². The van der Waals surface area contributed by atoms with Gasteiger partial charge in [-0.3, -0.25) is 5.01 Å². The van der Waals surface area contributed by atoms with Crippen LogP contribution in [0.1, 0.15) is 11.1 Å². The highest BCUT2D eigenvalue weighted by molar-refractivity contribution is 5.56. The molecule has 0 amide bonds. The summed E-state index contributed by atoms with van der Waals surface area (Å²) in [6.07, 6.45) is 0. The molecule has 1 saturated heterocycles. The van der Waals surface area contributed by atoms with Crippen LogP contribution >= 0.6 is 0 Å². The van der Waals surface area contributed by atoms with Crippen LogP contribution in [0.25, 0.3) is 0 Å². The molecule has 1 aliphatic rings. The molecular formula is C19H24N4O. The highest BCUT2D eigenvalue weighted by Crippen LogP contribution is 2.24. The van der Waals surface area contributed by atoms with E-state index >= 15 is 0 Å². The van der Waals surface area contributed by atoms with Gasteiger partial charge >= 0.3 is 0 Å². The van der Waals surface area contributed by atoms with Crippen molar-refractivity contribution in [1.29, 1.82) is 0 Å². The van der Waals surface area contributed by atoms with E-state index in [1.807, 2.05) is 29.3 Å². The summed E-state index contributed by atoms with van der Waals surface area (Å²) in [5, 5.41) is 10.7. The molecule has 1 aliphatic heterocycles. The number of methoxy groups -OCH3 is 1. The van der Waals surface area contributed by atoms with Crippen LogP contribution in [0.4, 0.5) is 11.4 Å². The molecule has 0 N–H and O–H groups in total. The Balaban J connectivity index is 1.58. The number of piperazine rings is 1. The summed E-state index contributed by atoms with van der Waals surface area (Å²) in [7, 11) is 1.66. The minimum Gasteiger partial charge on any atom is -0.497 e. The summed E-state index contributed by atoms with van der Waals surface area (Å²) in [4.78, 5) is 2.43. The highest BCUT2D eigenvalue weighted by atomic mass is 16.5.